The molecule has 3 aromatic rings. The van der Waals surface area contributed by atoms with E-state index < -0.39 is 0 Å². The summed E-state index contributed by atoms with van der Waals surface area (Å²) in [5.41, 5.74) is 1.17. The first kappa shape index (κ1) is 14.9. The summed E-state index contributed by atoms with van der Waals surface area (Å²) in [6, 6.07) is 15.6. The van der Waals surface area contributed by atoms with Gasteiger partial charge in [-0.15, -0.1) is 5.10 Å². The summed E-state index contributed by atoms with van der Waals surface area (Å²) in [6.07, 6.45) is 0.620. The second kappa shape index (κ2) is 6.83. The zero-order valence-electron chi connectivity index (χ0n) is 12.2. The number of carbonyl (C=O) groups is 1. The molecule has 0 bridgehead atoms. The highest BCUT2D eigenvalue weighted by Crippen LogP contribution is 2.15. The van der Waals surface area contributed by atoms with Crippen molar-refractivity contribution in [1.29, 1.82) is 0 Å². The van der Waals surface area contributed by atoms with Gasteiger partial charge in [0.05, 0.1) is 6.54 Å². The first-order valence-electron chi connectivity index (χ1n) is 7.06. The molecule has 0 saturated carbocycles. The Hall–Kier alpha value is -3.02. The van der Waals surface area contributed by atoms with E-state index in [-0.39, 0.29) is 24.7 Å². The van der Waals surface area contributed by atoms with Crippen LogP contribution in [0, 0.1) is 5.82 Å². The summed E-state index contributed by atoms with van der Waals surface area (Å²) in [5, 5.41) is 7.74. The minimum absolute atomic E-state index is 0.125. The summed E-state index contributed by atoms with van der Waals surface area (Å²) in [4.78, 5) is 11.1. The molecule has 116 valence electrons. The van der Waals surface area contributed by atoms with Crippen LogP contribution in [0.2, 0.25) is 0 Å². The molecule has 0 amide bonds. The van der Waals surface area contributed by atoms with E-state index in [4.69, 9.17) is 4.74 Å². The lowest BCUT2D eigenvalue weighted by Crippen LogP contribution is -2.11. The molecule has 1 heterocycles. The van der Waals surface area contributed by atoms with Crippen LogP contribution in [0.4, 0.5) is 4.39 Å². The lowest BCUT2D eigenvalue weighted by atomic mass is 10.2. The van der Waals surface area contributed by atoms with E-state index in [0.29, 0.717) is 23.3 Å². The Labute approximate surface area is 132 Å². The SMILES string of the molecule is O=Cc1nnn(Cc2ccccc2F)c1COc1ccccc1. The normalized spacial score (nSPS) is 10.5. The number of hydrogen-bond acceptors (Lipinski definition) is 4. The summed E-state index contributed by atoms with van der Waals surface area (Å²) < 4.78 is 20.9. The summed E-state index contributed by atoms with van der Waals surface area (Å²) >= 11 is 0. The van der Waals surface area contributed by atoms with Gasteiger partial charge in [0.2, 0.25) is 0 Å². The van der Waals surface area contributed by atoms with Crippen LogP contribution < -0.4 is 4.74 Å². The molecule has 0 atom stereocenters. The van der Waals surface area contributed by atoms with Crippen LogP contribution in [-0.2, 0) is 13.2 Å². The molecule has 0 N–H and O–H groups in total. The van der Waals surface area contributed by atoms with Crippen molar-refractivity contribution >= 4 is 6.29 Å². The number of benzene rings is 2. The molecule has 23 heavy (non-hydrogen) atoms. The third kappa shape index (κ3) is 3.42. The van der Waals surface area contributed by atoms with Gasteiger partial charge in [-0.25, -0.2) is 9.07 Å². The Bertz CT molecular complexity index is 803. The molecule has 5 nitrogen and oxygen atoms in total. The van der Waals surface area contributed by atoms with Crippen molar-refractivity contribution in [2.45, 2.75) is 13.2 Å². The lowest BCUT2D eigenvalue weighted by Gasteiger charge is -2.09. The maximum atomic E-state index is 13.8. The molecular formula is C17H14FN3O2. The minimum atomic E-state index is -0.328. The molecular weight excluding hydrogens is 297 g/mol. The average molecular weight is 311 g/mol. The van der Waals surface area contributed by atoms with Gasteiger partial charge in [0, 0.05) is 5.56 Å². The molecule has 2 aromatic carbocycles. The number of nitrogens with zero attached hydrogens (tertiary/aromatic N) is 3. The first-order valence-corrected chi connectivity index (χ1v) is 7.06. The number of ether oxygens (including phenoxy) is 1. The van der Waals surface area contributed by atoms with Gasteiger partial charge in [0.1, 0.15) is 23.9 Å². The highest BCUT2D eigenvalue weighted by Gasteiger charge is 2.14. The van der Waals surface area contributed by atoms with Crippen LogP contribution in [0.3, 0.4) is 0 Å². The second-order valence-electron chi connectivity index (χ2n) is 4.89. The van der Waals surface area contributed by atoms with E-state index in [1.165, 1.54) is 10.7 Å². The van der Waals surface area contributed by atoms with E-state index >= 15 is 0 Å². The Morgan fingerprint density at radius 2 is 1.83 bits per heavy atom. The van der Waals surface area contributed by atoms with Crippen LogP contribution in [0.1, 0.15) is 21.7 Å². The number of rotatable bonds is 6. The summed E-state index contributed by atoms with van der Waals surface area (Å²) in [6.45, 7) is 0.306. The summed E-state index contributed by atoms with van der Waals surface area (Å²) in [5.74, 6) is 0.341. The van der Waals surface area contributed by atoms with Crippen molar-refractivity contribution in [1.82, 2.24) is 15.0 Å². The van der Waals surface area contributed by atoms with Gasteiger partial charge < -0.3 is 4.74 Å². The zero-order valence-corrected chi connectivity index (χ0v) is 12.2. The van der Waals surface area contributed by atoms with E-state index in [0.717, 1.165) is 0 Å². The maximum absolute atomic E-state index is 13.8. The molecule has 0 aliphatic rings. The largest absolute Gasteiger partial charge is 0.487 e. The average Bonchev–Trinajstić information content (AvgIpc) is 2.98. The molecule has 0 spiro atoms. The van der Waals surface area contributed by atoms with Crippen LogP contribution >= 0.6 is 0 Å². The van der Waals surface area contributed by atoms with Crippen molar-refractivity contribution in [3.8, 4) is 5.75 Å². The Morgan fingerprint density at radius 1 is 1.09 bits per heavy atom. The van der Waals surface area contributed by atoms with E-state index in [2.05, 4.69) is 10.3 Å². The Balaban J connectivity index is 1.83. The monoisotopic (exact) mass is 311 g/mol. The number of aldehydes is 1. The van der Waals surface area contributed by atoms with Gasteiger partial charge in [0.15, 0.2) is 12.0 Å². The van der Waals surface area contributed by atoms with Crippen molar-refractivity contribution in [3.63, 3.8) is 0 Å². The fraction of sp³-hybridized carbons (Fsp3) is 0.118. The standard InChI is InChI=1S/C17H14FN3O2/c18-15-9-5-4-6-13(15)10-21-17(16(11-22)19-20-21)12-23-14-7-2-1-3-8-14/h1-9,11H,10,12H2. The maximum Gasteiger partial charge on any atom is 0.172 e. The predicted octanol–water partition coefficient (Wildman–Crippen LogP) is 2.86. The topological polar surface area (TPSA) is 57.0 Å². The van der Waals surface area contributed by atoms with Gasteiger partial charge in [0.25, 0.3) is 0 Å². The molecule has 0 saturated heterocycles. The second-order valence-corrected chi connectivity index (χ2v) is 4.89. The number of para-hydroxylation sites is 1. The number of aromatic nitrogens is 3. The van der Waals surface area contributed by atoms with Gasteiger partial charge >= 0.3 is 0 Å². The first-order chi connectivity index (χ1) is 11.3. The lowest BCUT2D eigenvalue weighted by molar-refractivity contribution is 0.111. The smallest absolute Gasteiger partial charge is 0.172 e. The van der Waals surface area contributed by atoms with Crippen molar-refractivity contribution in [2.24, 2.45) is 0 Å². The molecule has 0 unspecified atom stereocenters. The molecule has 3 rings (SSSR count). The molecule has 0 fully saturated rings. The van der Waals surface area contributed by atoms with Crippen molar-refractivity contribution in [2.75, 3.05) is 0 Å². The van der Waals surface area contributed by atoms with Gasteiger partial charge in [-0.1, -0.05) is 41.6 Å². The predicted molar refractivity (Wildman–Crippen MR) is 81.7 cm³/mol. The third-order valence-electron chi connectivity index (χ3n) is 3.38. The van der Waals surface area contributed by atoms with Crippen LogP contribution in [-0.4, -0.2) is 21.3 Å². The Kier molecular flexibility index (Phi) is 4.42. The van der Waals surface area contributed by atoms with Gasteiger partial charge in [-0.3, -0.25) is 4.79 Å². The minimum Gasteiger partial charge on any atom is -0.487 e. The van der Waals surface area contributed by atoms with Gasteiger partial charge in [-0.2, -0.15) is 0 Å². The highest BCUT2D eigenvalue weighted by molar-refractivity contribution is 5.73. The van der Waals surface area contributed by atoms with Crippen molar-refractivity contribution in [3.05, 3.63) is 77.4 Å². The quantitative estimate of drug-likeness (QED) is 0.657. The van der Waals surface area contributed by atoms with Crippen LogP contribution in [0.15, 0.2) is 54.6 Å². The van der Waals surface area contributed by atoms with E-state index in [9.17, 15) is 9.18 Å². The number of halogens is 1. The fourth-order valence-corrected chi connectivity index (χ4v) is 2.17. The summed E-state index contributed by atoms with van der Waals surface area (Å²) in [7, 11) is 0. The third-order valence-corrected chi connectivity index (χ3v) is 3.38. The van der Waals surface area contributed by atoms with Crippen molar-refractivity contribution < 1.29 is 13.9 Å². The molecule has 1 aromatic heterocycles. The van der Waals surface area contributed by atoms with E-state index in [1.807, 2.05) is 30.3 Å². The molecule has 0 aliphatic heterocycles. The van der Waals surface area contributed by atoms with Crippen LogP contribution in [0.5, 0.6) is 5.75 Å². The molecule has 6 heteroatoms. The van der Waals surface area contributed by atoms with Crippen LogP contribution in [0.25, 0.3) is 0 Å². The zero-order chi connectivity index (χ0) is 16.1. The number of carbonyl (C=O) groups excluding carboxylic acids is 1. The Morgan fingerprint density at radius 3 is 2.57 bits per heavy atom. The molecule has 0 aliphatic carbocycles. The van der Waals surface area contributed by atoms with Gasteiger partial charge in [-0.05, 0) is 18.2 Å². The highest BCUT2D eigenvalue weighted by atomic mass is 19.1. The fourth-order valence-electron chi connectivity index (χ4n) is 2.17. The van der Waals surface area contributed by atoms with E-state index in [1.54, 1.807) is 18.2 Å². The number of hydrogen-bond donors (Lipinski definition) is 0. The molecule has 0 radical (unpaired) electrons.